The van der Waals surface area contributed by atoms with Gasteiger partial charge in [0, 0.05) is 42.3 Å². The summed E-state index contributed by atoms with van der Waals surface area (Å²) >= 11 is 0. The highest BCUT2D eigenvalue weighted by Gasteiger charge is 2.22. The Hall–Kier alpha value is -3.36. The van der Waals surface area contributed by atoms with Gasteiger partial charge in [-0.2, -0.15) is 5.10 Å². The summed E-state index contributed by atoms with van der Waals surface area (Å²) in [6, 6.07) is 7.47. The molecule has 1 aliphatic rings. The van der Waals surface area contributed by atoms with Crippen molar-refractivity contribution in [3.63, 3.8) is 0 Å². The molecule has 3 heterocycles. The smallest absolute Gasteiger partial charge is 0.319 e. The SMILES string of the molecule is CCN(CC)C(=O)Cn1ccc2cc(NC(=O)NC3CCc4nc(C)nn4C3)ccc21. The summed E-state index contributed by atoms with van der Waals surface area (Å²) < 4.78 is 3.82. The molecular formula is C22H29N7O2. The van der Waals surface area contributed by atoms with Crippen molar-refractivity contribution in [2.24, 2.45) is 0 Å². The molecule has 0 fully saturated rings. The molecule has 3 aromatic rings. The fourth-order valence-corrected chi connectivity index (χ4v) is 4.14. The molecule has 1 aliphatic heterocycles. The van der Waals surface area contributed by atoms with Crippen LogP contribution in [-0.4, -0.2) is 55.3 Å². The van der Waals surface area contributed by atoms with Crippen molar-refractivity contribution in [2.45, 2.75) is 52.7 Å². The van der Waals surface area contributed by atoms with Gasteiger partial charge >= 0.3 is 6.03 Å². The molecule has 2 aromatic heterocycles. The van der Waals surface area contributed by atoms with Crippen molar-refractivity contribution in [3.8, 4) is 0 Å². The molecule has 4 rings (SSSR count). The van der Waals surface area contributed by atoms with Crippen molar-refractivity contribution in [3.05, 3.63) is 42.1 Å². The quantitative estimate of drug-likeness (QED) is 0.637. The fraction of sp³-hybridized carbons (Fsp3) is 0.455. The number of likely N-dealkylation sites (N-methyl/N-ethyl adjacent to an activating group) is 1. The molecule has 0 radical (unpaired) electrons. The number of hydrogen-bond donors (Lipinski definition) is 2. The summed E-state index contributed by atoms with van der Waals surface area (Å²) in [5, 5.41) is 11.3. The van der Waals surface area contributed by atoms with Gasteiger partial charge < -0.3 is 20.1 Å². The largest absolute Gasteiger partial charge is 0.342 e. The van der Waals surface area contributed by atoms with Gasteiger partial charge in [0.25, 0.3) is 0 Å². The molecule has 1 atom stereocenters. The average Bonchev–Trinajstić information content (AvgIpc) is 3.30. The summed E-state index contributed by atoms with van der Waals surface area (Å²) in [5.74, 6) is 1.84. The van der Waals surface area contributed by atoms with E-state index in [1.807, 2.05) is 65.4 Å². The number of hydrogen-bond acceptors (Lipinski definition) is 4. The van der Waals surface area contributed by atoms with Crippen LogP contribution < -0.4 is 10.6 Å². The van der Waals surface area contributed by atoms with Crippen molar-refractivity contribution in [1.82, 2.24) is 29.5 Å². The first-order valence-electron chi connectivity index (χ1n) is 10.8. The molecule has 164 valence electrons. The van der Waals surface area contributed by atoms with E-state index in [-0.39, 0.29) is 18.0 Å². The summed E-state index contributed by atoms with van der Waals surface area (Å²) in [5.41, 5.74) is 1.68. The normalized spacial score (nSPS) is 15.5. The van der Waals surface area contributed by atoms with E-state index in [2.05, 4.69) is 20.7 Å². The van der Waals surface area contributed by atoms with Gasteiger partial charge in [-0.05, 0) is 51.5 Å². The maximum atomic E-state index is 12.5. The molecule has 3 amide bonds. The highest BCUT2D eigenvalue weighted by molar-refractivity contribution is 5.93. The maximum absolute atomic E-state index is 12.5. The van der Waals surface area contributed by atoms with E-state index in [4.69, 9.17) is 0 Å². The maximum Gasteiger partial charge on any atom is 0.319 e. The second-order valence-corrected chi connectivity index (χ2v) is 7.87. The molecule has 9 heteroatoms. The first-order valence-corrected chi connectivity index (χ1v) is 10.8. The van der Waals surface area contributed by atoms with E-state index in [1.54, 1.807) is 0 Å². The minimum atomic E-state index is -0.235. The molecule has 0 bridgehead atoms. The van der Waals surface area contributed by atoms with Gasteiger partial charge in [-0.1, -0.05) is 0 Å². The minimum Gasteiger partial charge on any atom is -0.342 e. The number of rotatable bonds is 6. The zero-order chi connectivity index (χ0) is 22.0. The predicted molar refractivity (Wildman–Crippen MR) is 119 cm³/mol. The molecule has 1 aromatic carbocycles. The van der Waals surface area contributed by atoms with Gasteiger partial charge in [-0.15, -0.1) is 0 Å². The Kier molecular flexibility index (Phi) is 5.92. The number of fused-ring (bicyclic) bond motifs is 2. The van der Waals surface area contributed by atoms with E-state index >= 15 is 0 Å². The number of nitrogens with zero attached hydrogens (tertiary/aromatic N) is 5. The molecule has 31 heavy (non-hydrogen) atoms. The van der Waals surface area contributed by atoms with Crippen molar-refractivity contribution in [2.75, 3.05) is 18.4 Å². The van der Waals surface area contributed by atoms with E-state index in [0.29, 0.717) is 31.9 Å². The van der Waals surface area contributed by atoms with Crippen LogP contribution in [0.4, 0.5) is 10.5 Å². The Balaban J connectivity index is 1.38. The average molecular weight is 424 g/mol. The second-order valence-electron chi connectivity index (χ2n) is 7.87. The Morgan fingerprint density at radius 2 is 2.03 bits per heavy atom. The lowest BCUT2D eigenvalue weighted by molar-refractivity contribution is -0.131. The van der Waals surface area contributed by atoms with E-state index < -0.39 is 0 Å². The third-order valence-corrected chi connectivity index (χ3v) is 5.75. The summed E-state index contributed by atoms with van der Waals surface area (Å²) in [6.45, 7) is 8.20. The Morgan fingerprint density at radius 1 is 1.23 bits per heavy atom. The molecule has 0 saturated carbocycles. The zero-order valence-electron chi connectivity index (χ0n) is 18.3. The number of urea groups is 1. The number of benzene rings is 1. The molecule has 0 saturated heterocycles. The fourth-order valence-electron chi connectivity index (χ4n) is 4.14. The van der Waals surface area contributed by atoms with Crippen molar-refractivity contribution in [1.29, 1.82) is 0 Å². The summed E-state index contributed by atoms with van der Waals surface area (Å²) in [6.07, 6.45) is 3.56. The van der Waals surface area contributed by atoms with E-state index in [9.17, 15) is 9.59 Å². The van der Waals surface area contributed by atoms with Crippen LogP contribution in [0.2, 0.25) is 0 Å². The van der Waals surface area contributed by atoms with E-state index in [1.165, 1.54) is 0 Å². The lowest BCUT2D eigenvalue weighted by atomic mass is 10.1. The number of nitrogens with one attached hydrogen (secondary N) is 2. The van der Waals surface area contributed by atoms with Gasteiger partial charge in [0.2, 0.25) is 5.91 Å². The lowest BCUT2D eigenvalue weighted by Gasteiger charge is -2.23. The number of amides is 3. The van der Waals surface area contributed by atoms with Gasteiger partial charge in [0.15, 0.2) is 0 Å². The summed E-state index contributed by atoms with van der Waals surface area (Å²) in [4.78, 5) is 31.1. The first kappa shape index (κ1) is 20.9. The second kappa shape index (κ2) is 8.79. The number of anilines is 1. The van der Waals surface area contributed by atoms with Crippen LogP contribution in [0.3, 0.4) is 0 Å². The molecule has 0 aliphatic carbocycles. The summed E-state index contributed by atoms with van der Waals surface area (Å²) in [7, 11) is 0. The van der Waals surface area contributed by atoms with Crippen LogP contribution in [0.1, 0.15) is 31.9 Å². The lowest BCUT2D eigenvalue weighted by Crippen LogP contribution is -2.43. The standard InChI is InChI=1S/C22H29N7O2/c1-4-27(5-2)21(30)14-28-11-10-16-12-17(6-8-19(16)28)24-22(31)25-18-7-9-20-23-15(3)26-29(20)13-18/h6,8,10-12,18H,4-5,7,9,13-14H2,1-3H3,(H2,24,25,31). The van der Waals surface area contributed by atoms with Crippen molar-refractivity contribution >= 4 is 28.5 Å². The number of carbonyl (C=O) groups is 2. The van der Waals surface area contributed by atoms with Gasteiger partial charge in [0.05, 0.1) is 12.6 Å². The van der Waals surface area contributed by atoms with Crippen LogP contribution >= 0.6 is 0 Å². The Bertz CT molecular complexity index is 1100. The topological polar surface area (TPSA) is 97.1 Å². The molecule has 9 nitrogen and oxygen atoms in total. The van der Waals surface area contributed by atoms with Gasteiger partial charge in [-0.25, -0.2) is 14.5 Å². The van der Waals surface area contributed by atoms with Crippen LogP contribution in [0, 0.1) is 6.92 Å². The van der Waals surface area contributed by atoms with Crippen LogP contribution in [-0.2, 0) is 24.3 Å². The Labute approximate surface area is 181 Å². The van der Waals surface area contributed by atoms with Crippen LogP contribution in [0.15, 0.2) is 30.5 Å². The Morgan fingerprint density at radius 3 is 2.81 bits per heavy atom. The number of aryl methyl sites for hydroxylation is 2. The van der Waals surface area contributed by atoms with Crippen LogP contribution in [0.25, 0.3) is 10.9 Å². The highest BCUT2D eigenvalue weighted by atomic mass is 16.2. The molecule has 2 N–H and O–H groups in total. The number of aromatic nitrogens is 4. The number of carbonyl (C=O) groups excluding carboxylic acids is 2. The molecular weight excluding hydrogens is 394 g/mol. The third-order valence-electron chi connectivity index (χ3n) is 5.75. The van der Waals surface area contributed by atoms with Gasteiger partial charge in [-0.3, -0.25) is 4.79 Å². The van der Waals surface area contributed by atoms with E-state index in [0.717, 1.165) is 35.4 Å². The van der Waals surface area contributed by atoms with Gasteiger partial charge in [0.1, 0.15) is 18.2 Å². The zero-order valence-corrected chi connectivity index (χ0v) is 18.3. The van der Waals surface area contributed by atoms with Crippen LogP contribution in [0.5, 0.6) is 0 Å². The van der Waals surface area contributed by atoms with Crippen molar-refractivity contribution < 1.29 is 9.59 Å². The predicted octanol–water partition coefficient (Wildman–Crippen LogP) is 2.55. The molecule has 0 spiro atoms. The highest BCUT2D eigenvalue weighted by Crippen LogP contribution is 2.21. The minimum absolute atomic E-state index is 0.0181. The molecule has 1 unspecified atom stereocenters. The third kappa shape index (κ3) is 4.55. The first-order chi connectivity index (χ1) is 15.0. The monoisotopic (exact) mass is 423 g/mol.